The summed E-state index contributed by atoms with van der Waals surface area (Å²) in [4.78, 5) is 0. The van der Waals surface area contributed by atoms with Crippen LogP contribution in [-0.4, -0.2) is 22.7 Å². The Labute approximate surface area is 62.5 Å². The third-order valence-electron chi connectivity index (χ3n) is 0.695. The maximum atomic E-state index is 10.2. The quantitative estimate of drug-likeness (QED) is 0.595. The normalized spacial score (nSPS) is 14.2. The zero-order chi connectivity index (χ0) is 7.28. The number of hydrogen-bond donors (Lipinski definition) is 0. The molecule has 0 aromatic rings. The molecule has 0 aromatic heterocycles. The molecule has 1 unspecified atom stereocenters. The van der Waals surface area contributed by atoms with Crippen LogP contribution < -0.4 is 0 Å². The first-order valence-electron chi connectivity index (χ1n) is 2.79. The Morgan fingerprint density at radius 2 is 2.22 bits per heavy atom. The van der Waals surface area contributed by atoms with Crippen LogP contribution in [0.4, 0.5) is 0 Å². The van der Waals surface area contributed by atoms with Gasteiger partial charge in [-0.15, -0.1) is 0 Å². The van der Waals surface area contributed by atoms with Crippen molar-refractivity contribution < 1.29 is 8.95 Å². The van der Waals surface area contributed by atoms with Crippen LogP contribution in [0, 0.1) is 0 Å². The van der Waals surface area contributed by atoms with Gasteiger partial charge in [-0.3, -0.25) is 0 Å². The predicted molar refractivity (Wildman–Crippen MR) is 40.0 cm³/mol. The van der Waals surface area contributed by atoms with Gasteiger partial charge in [-0.05, 0) is 24.5 Å². The van der Waals surface area contributed by atoms with Crippen LogP contribution in [0.15, 0.2) is 0 Å². The van der Waals surface area contributed by atoms with E-state index in [1.165, 1.54) is 0 Å². The average molecular weight is 171 g/mol. The third-order valence-corrected chi connectivity index (χ3v) is 1.65. The fraction of sp³-hybridized carbons (Fsp3) is 1.00. The Balaban J connectivity index is 3.01. The molecule has 0 saturated heterocycles. The van der Waals surface area contributed by atoms with Gasteiger partial charge in [0.15, 0.2) is 0 Å². The molecule has 9 heavy (non-hydrogen) atoms. The van der Waals surface area contributed by atoms with Crippen molar-refractivity contribution in [3.05, 3.63) is 0 Å². The van der Waals surface area contributed by atoms with Crippen molar-refractivity contribution in [3.63, 3.8) is 0 Å². The lowest BCUT2D eigenvalue weighted by Crippen LogP contribution is -2.08. The fourth-order valence-electron chi connectivity index (χ4n) is 0.349. The van der Waals surface area contributed by atoms with Gasteiger partial charge in [0.2, 0.25) is 0 Å². The number of ether oxygens (including phenoxy) is 1. The molecular formula is C5H11ClO2S. The van der Waals surface area contributed by atoms with E-state index in [9.17, 15) is 4.21 Å². The summed E-state index contributed by atoms with van der Waals surface area (Å²) in [6.45, 7) is 4.34. The second kappa shape index (κ2) is 5.21. The summed E-state index contributed by atoms with van der Waals surface area (Å²) in [6.07, 6.45) is 0.199. The molecule has 0 aliphatic heterocycles. The van der Waals surface area contributed by atoms with E-state index in [0.717, 1.165) is 0 Å². The minimum absolute atomic E-state index is 0.199. The van der Waals surface area contributed by atoms with Crippen molar-refractivity contribution in [1.29, 1.82) is 0 Å². The zero-order valence-electron chi connectivity index (χ0n) is 5.59. The molecule has 0 heterocycles. The maximum absolute atomic E-state index is 10.2. The minimum Gasteiger partial charge on any atom is -0.378 e. The summed E-state index contributed by atoms with van der Waals surface area (Å²) >= 11 is 0. The van der Waals surface area contributed by atoms with Crippen molar-refractivity contribution >= 4 is 20.7 Å². The number of hydrogen-bond acceptors (Lipinski definition) is 2. The molecule has 0 aliphatic rings. The lowest BCUT2D eigenvalue weighted by Gasteiger charge is -2.03. The number of rotatable bonds is 4. The monoisotopic (exact) mass is 170 g/mol. The first-order valence-corrected chi connectivity index (χ1v) is 4.93. The largest absolute Gasteiger partial charge is 0.378 e. The lowest BCUT2D eigenvalue weighted by atomic mass is 10.5. The molecule has 56 valence electrons. The van der Waals surface area contributed by atoms with Crippen LogP contribution in [0.25, 0.3) is 0 Å². The van der Waals surface area contributed by atoms with E-state index in [-0.39, 0.29) is 6.10 Å². The van der Waals surface area contributed by atoms with Gasteiger partial charge in [0.1, 0.15) is 10.0 Å². The lowest BCUT2D eigenvalue weighted by molar-refractivity contribution is 0.0918. The van der Waals surface area contributed by atoms with Crippen molar-refractivity contribution in [2.45, 2.75) is 20.0 Å². The SMILES string of the molecule is CC(C)OCCS(=O)Cl. The summed E-state index contributed by atoms with van der Waals surface area (Å²) in [6, 6.07) is 0. The molecule has 0 aromatic carbocycles. The molecule has 0 bridgehead atoms. The van der Waals surface area contributed by atoms with E-state index in [4.69, 9.17) is 15.4 Å². The Morgan fingerprint density at radius 3 is 2.56 bits per heavy atom. The summed E-state index contributed by atoms with van der Waals surface area (Å²) in [5.41, 5.74) is 0. The van der Waals surface area contributed by atoms with Gasteiger partial charge in [-0.2, -0.15) is 0 Å². The second-order valence-electron chi connectivity index (χ2n) is 1.91. The van der Waals surface area contributed by atoms with Crippen molar-refractivity contribution in [3.8, 4) is 0 Å². The molecule has 4 heteroatoms. The Kier molecular flexibility index (Phi) is 5.44. The standard InChI is InChI=1S/C5H11ClO2S/c1-5(2)8-3-4-9(6)7/h5H,3-4H2,1-2H3. The van der Waals surface area contributed by atoms with Crippen molar-refractivity contribution in [2.75, 3.05) is 12.4 Å². The molecule has 0 spiro atoms. The summed E-state index contributed by atoms with van der Waals surface area (Å²) in [5, 5.41) is 0. The summed E-state index contributed by atoms with van der Waals surface area (Å²) in [7, 11) is 3.92. The Bertz CT molecular complexity index is 95.0. The van der Waals surface area contributed by atoms with Crippen LogP contribution >= 0.6 is 10.7 Å². The Hall–Kier alpha value is 0.400. The minimum atomic E-state index is -1.23. The van der Waals surface area contributed by atoms with E-state index in [0.29, 0.717) is 12.4 Å². The van der Waals surface area contributed by atoms with Crippen LogP contribution in [0.5, 0.6) is 0 Å². The van der Waals surface area contributed by atoms with Crippen LogP contribution in [0.1, 0.15) is 13.8 Å². The fourth-order valence-corrected chi connectivity index (χ4v) is 0.766. The van der Waals surface area contributed by atoms with Gasteiger partial charge in [-0.1, -0.05) is 0 Å². The summed E-state index contributed by atoms with van der Waals surface area (Å²) < 4.78 is 15.3. The van der Waals surface area contributed by atoms with Gasteiger partial charge in [-0.25, -0.2) is 4.21 Å². The van der Waals surface area contributed by atoms with E-state index in [1.807, 2.05) is 13.8 Å². The molecule has 0 saturated carbocycles. The highest BCUT2D eigenvalue weighted by molar-refractivity contribution is 8.08. The molecule has 0 radical (unpaired) electrons. The highest BCUT2D eigenvalue weighted by Gasteiger charge is 1.95. The molecular weight excluding hydrogens is 160 g/mol. The molecule has 0 amide bonds. The molecule has 0 N–H and O–H groups in total. The van der Waals surface area contributed by atoms with E-state index in [2.05, 4.69) is 0 Å². The highest BCUT2D eigenvalue weighted by atomic mass is 35.7. The first-order chi connectivity index (χ1) is 4.13. The highest BCUT2D eigenvalue weighted by Crippen LogP contribution is 1.91. The molecule has 1 atom stereocenters. The van der Waals surface area contributed by atoms with Crippen LogP contribution in [0.3, 0.4) is 0 Å². The number of halogens is 1. The van der Waals surface area contributed by atoms with E-state index < -0.39 is 10.0 Å². The first kappa shape index (κ1) is 9.40. The van der Waals surface area contributed by atoms with Gasteiger partial charge in [0.05, 0.1) is 18.5 Å². The van der Waals surface area contributed by atoms with Gasteiger partial charge < -0.3 is 4.74 Å². The topological polar surface area (TPSA) is 26.3 Å². The van der Waals surface area contributed by atoms with Crippen LogP contribution in [-0.2, 0) is 14.7 Å². The van der Waals surface area contributed by atoms with Gasteiger partial charge in [0.25, 0.3) is 0 Å². The second-order valence-corrected chi connectivity index (χ2v) is 3.93. The van der Waals surface area contributed by atoms with Gasteiger partial charge >= 0.3 is 0 Å². The molecule has 2 nitrogen and oxygen atoms in total. The molecule has 0 rings (SSSR count). The van der Waals surface area contributed by atoms with Gasteiger partial charge in [0, 0.05) is 0 Å². The smallest absolute Gasteiger partial charge is 0.117 e. The molecule has 0 fully saturated rings. The Morgan fingerprint density at radius 1 is 1.67 bits per heavy atom. The molecule has 0 aliphatic carbocycles. The van der Waals surface area contributed by atoms with Crippen LogP contribution in [0.2, 0.25) is 0 Å². The predicted octanol–water partition coefficient (Wildman–Crippen LogP) is 1.31. The van der Waals surface area contributed by atoms with Crippen molar-refractivity contribution in [1.82, 2.24) is 0 Å². The average Bonchev–Trinajstić information content (AvgIpc) is 1.63. The summed E-state index contributed by atoms with van der Waals surface area (Å²) in [5.74, 6) is 0.416. The van der Waals surface area contributed by atoms with Crippen molar-refractivity contribution in [2.24, 2.45) is 0 Å². The van der Waals surface area contributed by atoms with E-state index in [1.54, 1.807) is 0 Å². The maximum Gasteiger partial charge on any atom is 0.117 e. The zero-order valence-corrected chi connectivity index (χ0v) is 7.17. The van der Waals surface area contributed by atoms with E-state index >= 15 is 0 Å². The third kappa shape index (κ3) is 8.40.